The smallest absolute Gasteiger partial charge is 0.264 e. The number of nitrogens with zero attached hydrogens (tertiary/aromatic N) is 3. The van der Waals surface area contributed by atoms with Crippen LogP contribution in [0.2, 0.25) is 5.02 Å². The number of hydrogen-bond acceptors (Lipinski definition) is 6. The third-order valence-corrected chi connectivity index (χ3v) is 8.61. The van der Waals surface area contributed by atoms with Crippen LogP contribution in [0.5, 0.6) is 11.5 Å². The van der Waals surface area contributed by atoms with Gasteiger partial charge in [0.15, 0.2) is 11.5 Å². The predicted octanol–water partition coefficient (Wildman–Crippen LogP) is 3.92. The van der Waals surface area contributed by atoms with Crippen LogP contribution in [0.3, 0.4) is 0 Å². The Hall–Kier alpha value is -3.27. The quantitative estimate of drug-likeness (QED) is 0.451. The van der Waals surface area contributed by atoms with Crippen molar-refractivity contribution in [1.82, 2.24) is 9.80 Å². The Bertz CT molecular complexity index is 1370. The number of benzene rings is 3. The largest absolute Gasteiger partial charge is 0.454 e. The third-order valence-electron chi connectivity index (χ3n) is 6.57. The van der Waals surface area contributed by atoms with E-state index in [0.29, 0.717) is 36.9 Å². The highest BCUT2D eigenvalue weighted by Gasteiger charge is 2.30. The summed E-state index contributed by atoms with van der Waals surface area (Å²) in [6.45, 7) is 5.04. The van der Waals surface area contributed by atoms with E-state index in [1.807, 2.05) is 37.3 Å². The lowest BCUT2D eigenvalue weighted by molar-refractivity contribution is -0.131. The molecule has 0 bridgehead atoms. The van der Waals surface area contributed by atoms with Gasteiger partial charge in [-0.2, -0.15) is 0 Å². The van der Waals surface area contributed by atoms with Gasteiger partial charge in [-0.15, -0.1) is 0 Å². The maximum atomic E-state index is 13.6. The molecule has 10 heteroatoms. The third kappa shape index (κ3) is 5.69. The van der Waals surface area contributed by atoms with Gasteiger partial charge in [0.05, 0.1) is 10.6 Å². The van der Waals surface area contributed by atoms with Gasteiger partial charge in [-0.25, -0.2) is 8.42 Å². The van der Waals surface area contributed by atoms with Crippen molar-refractivity contribution in [3.8, 4) is 11.5 Å². The Morgan fingerprint density at radius 1 is 0.919 bits per heavy atom. The van der Waals surface area contributed by atoms with Gasteiger partial charge in [-0.05, 0) is 61.0 Å². The van der Waals surface area contributed by atoms with Crippen LogP contribution in [0.25, 0.3) is 0 Å². The van der Waals surface area contributed by atoms with Crippen LogP contribution >= 0.6 is 11.6 Å². The fourth-order valence-corrected chi connectivity index (χ4v) is 5.98. The molecule has 1 fully saturated rings. The van der Waals surface area contributed by atoms with Crippen LogP contribution in [0, 0.1) is 6.92 Å². The van der Waals surface area contributed by atoms with Crippen LogP contribution in [-0.4, -0.2) is 63.6 Å². The van der Waals surface area contributed by atoms with Crippen molar-refractivity contribution in [3.05, 3.63) is 82.9 Å². The normalized spacial score (nSPS) is 15.6. The summed E-state index contributed by atoms with van der Waals surface area (Å²) in [4.78, 5) is 17.4. The first-order valence-electron chi connectivity index (χ1n) is 12.0. The summed E-state index contributed by atoms with van der Waals surface area (Å²) < 4.78 is 39.2. The first-order valence-corrected chi connectivity index (χ1v) is 13.8. The highest BCUT2D eigenvalue weighted by molar-refractivity contribution is 7.92. The van der Waals surface area contributed by atoms with Gasteiger partial charge in [0.2, 0.25) is 12.7 Å². The number of sulfonamides is 1. The molecule has 3 aromatic rings. The zero-order chi connectivity index (χ0) is 26.0. The number of hydrogen-bond donors (Lipinski definition) is 0. The molecule has 37 heavy (non-hydrogen) atoms. The molecular weight excluding hydrogens is 514 g/mol. The number of fused-ring (bicyclic) bond motifs is 1. The zero-order valence-electron chi connectivity index (χ0n) is 20.5. The molecule has 2 aliphatic rings. The molecule has 5 rings (SSSR count). The number of ether oxygens (including phenoxy) is 2. The molecule has 0 aliphatic carbocycles. The van der Waals surface area contributed by atoms with Crippen molar-refractivity contribution in [2.75, 3.05) is 43.8 Å². The molecule has 8 nitrogen and oxygen atoms in total. The first kappa shape index (κ1) is 25.4. The Morgan fingerprint density at radius 3 is 2.30 bits per heavy atom. The number of carbonyl (C=O) groups is 1. The second-order valence-electron chi connectivity index (χ2n) is 9.15. The van der Waals surface area contributed by atoms with Crippen molar-refractivity contribution in [2.24, 2.45) is 0 Å². The van der Waals surface area contributed by atoms with Crippen LogP contribution in [-0.2, 0) is 21.4 Å². The van der Waals surface area contributed by atoms with Crippen molar-refractivity contribution < 1.29 is 22.7 Å². The van der Waals surface area contributed by atoms with Gasteiger partial charge >= 0.3 is 0 Å². The van der Waals surface area contributed by atoms with E-state index in [9.17, 15) is 13.2 Å². The van der Waals surface area contributed by atoms with Gasteiger partial charge in [0.25, 0.3) is 10.0 Å². The Kier molecular flexibility index (Phi) is 7.28. The van der Waals surface area contributed by atoms with Gasteiger partial charge in [-0.3, -0.25) is 14.0 Å². The van der Waals surface area contributed by atoms with Crippen molar-refractivity contribution in [3.63, 3.8) is 0 Å². The van der Waals surface area contributed by atoms with E-state index >= 15 is 0 Å². The second-order valence-corrected chi connectivity index (χ2v) is 11.4. The van der Waals surface area contributed by atoms with E-state index in [4.69, 9.17) is 21.1 Å². The maximum Gasteiger partial charge on any atom is 0.264 e. The average molecular weight is 542 g/mol. The molecule has 0 atom stereocenters. The Morgan fingerprint density at radius 2 is 1.59 bits per heavy atom. The van der Waals surface area contributed by atoms with Gasteiger partial charge < -0.3 is 14.4 Å². The highest BCUT2D eigenvalue weighted by atomic mass is 35.5. The zero-order valence-corrected chi connectivity index (χ0v) is 22.0. The summed E-state index contributed by atoms with van der Waals surface area (Å²) >= 11 is 5.96. The molecule has 0 aromatic heterocycles. The lowest BCUT2D eigenvalue weighted by Gasteiger charge is -2.36. The molecule has 1 amide bonds. The minimum absolute atomic E-state index is 0.0822. The maximum absolute atomic E-state index is 13.6. The summed E-state index contributed by atoms with van der Waals surface area (Å²) in [6.07, 6.45) is 0. The molecule has 0 unspecified atom stereocenters. The number of rotatable bonds is 7. The molecular formula is C27H28ClN3O5S. The topological polar surface area (TPSA) is 79.4 Å². The van der Waals surface area contributed by atoms with E-state index in [-0.39, 0.29) is 24.1 Å². The number of amides is 1. The average Bonchev–Trinajstić information content (AvgIpc) is 3.36. The van der Waals surface area contributed by atoms with E-state index < -0.39 is 10.0 Å². The number of carbonyl (C=O) groups excluding carboxylic acids is 1. The minimum Gasteiger partial charge on any atom is -0.454 e. The fourth-order valence-electron chi connectivity index (χ4n) is 4.44. The SMILES string of the molecule is Cc1ccc(N(CC(=O)N2CCN(Cc3ccc4c(c3)OCO4)CC2)S(=O)(=O)c2ccc(Cl)cc2)cc1. The van der Waals surface area contributed by atoms with Crippen LogP contribution in [0.1, 0.15) is 11.1 Å². The van der Waals surface area contributed by atoms with E-state index in [0.717, 1.165) is 29.2 Å². The second kappa shape index (κ2) is 10.6. The monoisotopic (exact) mass is 541 g/mol. The summed E-state index contributed by atoms with van der Waals surface area (Å²) in [6, 6.07) is 19.0. The van der Waals surface area contributed by atoms with Gasteiger partial charge in [-0.1, -0.05) is 35.4 Å². The number of piperazine rings is 1. The van der Waals surface area contributed by atoms with Crippen molar-refractivity contribution >= 4 is 33.2 Å². The summed E-state index contributed by atoms with van der Waals surface area (Å²) in [5, 5.41) is 0.440. The lowest BCUT2D eigenvalue weighted by atomic mass is 10.1. The molecule has 2 aliphatic heterocycles. The van der Waals surface area contributed by atoms with Crippen molar-refractivity contribution in [2.45, 2.75) is 18.4 Å². The van der Waals surface area contributed by atoms with Gasteiger partial charge in [0, 0.05) is 37.7 Å². The molecule has 1 saturated heterocycles. The summed E-state index contributed by atoms with van der Waals surface area (Å²) in [7, 11) is -3.98. The Balaban J connectivity index is 1.27. The van der Waals surface area contributed by atoms with E-state index in [1.165, 1.54) is 28.6 Å². The first-order chi connectivity index (χ1) is 17.8. The standard InChI is InChI=1S/C27H28ClN3O5S/c1-20-2-7-23(8-3-20)31(37(33,34)24-9-5-22(28)6-10-24)18-27(32)30-14-12-29(13-15-30)17-21-4-11-25-26(16-21)36-19-35-25/h2-11,16H,12-15,17-19H2,1H3. The van der Waals surface area contributed by atoms with Crippen LogP contribution in [0.4, 0.5) is 5.69 Å². The van der Waals surface area contributed by atoms with Crippen molar-refractivity contribution in [1.29, 1.82) is 0 Å². The van der Waals surface area contributed by atoms with Gasteiger partial charge in [0.1, 0.15) is 6.54 Å². The molecule has 3 aromatic carbocycles. The van der Waals surface area contributed by atoms with E-state index in [1.54, 1.807) is 17.0 Å². The fraction of sp³-hybridized carbons (Fsp3) is 0.296. The predicted molar refractivity (Wildman–Crippen MR) is 142 cm³/mol. The lowest BCUT2D eigenvalue weighted by Crippen LogP contribution is -2.51. The molecule has 194 valence electrons. The number of anilines is 1. The number of halogens is 1. The molecule has 0 saturated carbocycles. The number of aryl methyl sites for hydroxylation is 1. The molecule has 0 N–H and O–H groups in total. The van der Waals surface area contributed by atoms with Crippen LogP contribution < -0.4 is 13.8 Å². The Labute approximate surface area is 222 Å². The summed E-state index contributed by atoms with van der Waals surface area (Å²) in [5.74, 6) is 1.27. The van der Waals surface area contributed by atoms with Crippen LogP contribution in [0.15, 0.2) is 71.6 Å². The minimum atomic E-state index is -3.98. The summed E-state index contributed by atoms with van der Waals surface area (Å²) in [5.41, 5.74) is 2.55. The molecule has 0 radical (unpaired) electrons. The molecule has 2 heterocycles. The highest BCUT2D eigenvalue weighted by Crippen LogP contribution is 2.33. The molecule has 0 spiro atoms. The van der Waals surface area contributed by atoms with E-state index in [2.05, 4.69) is 4.90 Å².